The van der Waals surface area contributed by atoms with Crippen molar-refractivity contribution in [2.45, 2.75) is 94.9 Å². The lowest BCUT2D eigenvalue weighted by Crippen LogP contribution is -2.20. The molecule has 7 rings (SSSR count). The SMILES string of the molecule is C#CC(=C)N(/C(=C/C=C\C=C\CC)CC)c1cccc(-c2cccc(-c3ccc(C)cc3C)c2)c1.C/C=C\C.CC.CC(C)c1ccc(-c2ccccc2)cc1.Cc1cccc(-c2ccccc2)c1. The van der Waals surface area contributed by atoms with Gasteiger partial charge in [0, 0.05) is 11.4 Å². The second kappa shape index (κ2) is 31.6. The first-order valence-corrected chi connectivity index (χ1v) is 24.6. The van der Waals surface area contributed by atoms with Crippen molar-refractivity contribution in [2.75, 3.05) is 4.90 Å². The van der Waals surface area contributed by atoms with E-state index < -0.39 is 0 Å². The van der Waals surface area contributed by atoms with Crippen LogP contribution in [-0.2, 0) is 0 Å². The van der Waals surface area contributed by atoms with E-state index in [2.05, 4.69) is 254 Å². The Bertz CT molecular complexity index is 2730. The van der Waals surface area contributed by atoms with E-state index in [1.165, 1.54) is 61.2 Å². The van der Waals surface area contributed by atoms with E-state index in [-0.39, 0.29) is 0 Å². The molecule has 1 nitrogen and oxygen atoms in total. The number of anilines is 1. The van der Waals surface area contributed by atoms with Crippen molar-refractivity contribution in [3.05, 3.63) is 259 Å². The Morgan fingerprint density at radius 2 is 1.06 bits per heavy atom. The Balaban J connectivity index is 0.000000301. The Labute approximate surface area is 419 Å². The van der Waals surface area contributed by atoms with Crippen LogP contribution in [0.15, 0.2) is 236 Å². The number of aryl methyl sites for hydroxylation is 3. The van der Waals surface area contributed by atoms with E-state index in [1.54, 1.807) is 0 Å². The molecule has 0 aliphatic rings. The molecule has 0 atom stereocenters. The third-order valence-corrected chi connectivity index (χ3v) is 11.1. The average molecular weight is 908 g/mol. The second-order valence-electron chi connectivity index (χ2n) is 16.7. The molecular weight excluding hydrogens is 831 g/mol. The van der Waals surface area contributed by atoms with Crippen LogP contribution in [0.1, 0.15) is 96.4 Å². The largest absolute Gasteiger partial charge is 0.307 e. The molecule has 0 aliphatic heterocycles. The van der Waals surface area contributed by atoms with Crippen molar-refractivity contribution in [1.82, 2.24) is 0 Å². The molecule has 0 radical (unpaired) electrons. The van der Waals surface area contributed by atoms with Crippen molar-refractivity contribution in [1.29, 1.82) is 0 Å². The van der Waals surface area contributed by atoms with Gasteiger partial charge in [0.05, 0.1) is 5.70 Å². The predicted octanol–water partition coefficient (Wildman–Crippen LogP) is 20.2. The minimum absolute atomic E-state index is 0.606. The number of terminal acetylenes is 1. The van der Waals surface area contributed by atoms with Gasteiger partial charge in [0.25, 0.3) is 0 Å². The van der Waals surface area contributed by atoms with E-state index in [0.717, 1.165) is 29.8 Å². The fourth-order valence-corrected chi connectivity index (χ4v) is 7.33. The third kappa shape index (κ3) is 18.7. The Hall–Kier alpha value is -7.40. The van der Waals surface area contributed by atoms with E-state index in [1.807, 2.05) is 58.1 Å². The van der Waals surface area contributed by atoms with Crippen LogP contribution in [0, 0.1) is 33.1 Å². The van der Waals surface area contributed by atoms with Gasteiger partial charge in [-0.2, -0.15) is 0 Å². The molecule has 0 aromatic heterocycles. The van der Waals surface area contributed by atoms with Crippen LogP contribution in [0.4, 0.5) is 5.69 Å². The molecule has 1 heteroatoms. The molecule has 0 spiro atoms. The number of hydrogen-bond donors (Lipinski definition) is 0. The second-order valence-corrected chi connectivity index (χ2v) is 16.7. The van der Waals surface area contributed by atoms with Gasteiger partial charge in [-0.1, -0.05) is 259 Å². The van der Waals surface area contributed by atoms with Gasteiger partial charge in [0.1, 0.15) is 0 Å². The molecule has 69 heavy (non-hydrogen) atoms. The number of benzene rings is 7. The quantitative estimate of drug-likeness (QED) is 0.0671. The van der Waals surface area contributed by atoms with Crippen molar-refractivity contribution < 1.29 is 0 Å². The van der Waals surface area contributed by atoms with Crippen LogP contribution < -0.4 is 4.90 Å². The van der Waals surface area contributed by atoms with Gasteiger partial charge in [-0.25, -0.2) is 0 Å². The summed E-state index contributed by atoms with van der Waals surface area (Å²) in [6.07, 6.45) is 22.1. The zero-order valence-electron chi connectivity index (χ0n) is 43.5. The van der Waals surface area contributed by atoms with Crippen LogP contribution in [0.2, 0.25) is 0 Å². The Kier molecular flexibility index (Phi) is 25.6. The molecule has 354 valence electrons. The van der Waals surface area contributed by atoms with Crippen molar-refractivity contribution in [3.8, 4) is 56.9 Å². The smallest absolute Gasteiger partial charge is 0.0891 e. The zero-order chi connectivity index (χ0) is 50.4. The first-order valence-electron chi connectivity index (χ1n) is 24.6. The van der Waals surface area contributed by atoms with Crippen molar-refractivity contribution in [3.63, 3.8) is 0 Å². The molecule has 7 aromatic carbocycles. The summed E-state index contributed by atoms with van der Waals surface area (Å²) in [5.74, 6) is 3.35. The van der Waals surface area contributed by atoms with Crippen LogP contribution in [0.3, 0.4) is 0 Å². The number of allylic oxidation sites excluding steroid dienone is 9. The topological polar surface area (TPSA) is 3.24 Å². The minimum Gasteiger partial charge on any atom is -0.307 e. The zero-order valence-corrected chi connectivity index (χ0v) is 43.5. The molecule has 0 heterocycles. The maximum absolute atomic E-state index is 5.81. The molecule has 0 saturated carbocycles. The summed E-state index contributed by atoms with van der Waals surface area (Å²) < 4.78 is 0. The lowest BCUT2D eigenvalue weighted by atomic mass is 9.95. The first-order chi connectivity index (χ1) is 33.5. The maximum atomic E-state index is 5.81. The lowest BCUT2D eigenvalue weighted by molar-refractivity contribution is 0.867. The van der Waals surface area contributed by atoms with Crippen molar-refractivity contribution in [2.24, 2.45) is 0 Å². The van der Waals surface area contributed by atoms with Gasteiger partial charge in [-0.15, -0.1) is 6.42 Å². The minimum atomic E-state index is 0.606. The van der Waals surface area contributed by atoms with Crippen LogP contribution in [0.25, 0.3) is 44.5 Å². The highest BCUT2D eigenvalue weighted by Gasteiger charge is 2.14. The summed E-state index contributed by atoms with van der Waals surface area (Å²) in [5, 5.41) is 0. The number of rotatable bonds is 12. The van der Waals surface area contributed by atoms with Gasteiger partial charge >= 0.3 is 0 Å². The fraction of sp³-hybridized carbons (Fsp3) is 0.206. The van der Waals surface area contributed by atoms with Crippen LogP contribution >= 0.6 is 0 Å². The molecule has 0 unspecified atom stereocenters. The summed E-state index contributed by atoms with van der Waals surface area (Å²) in [6, 6.07) is 62.1. The molecule has 0 saturated heterocycles. The molecule has 0 amide bonds. The first kappa shape index (κ1) is 55.9. The van der Waals surface area contributed by atoms with Gasteiger partial charge in [-0.3, -0.25) is 0 Å². The molecule has 0 fully saturated rings. The van der Waals surface area contributed by atoms with E-state index in [0.29, 0.717) is 11.6 Å². The molecule has 0 N–H and O–H groups in total. The number of hydrogen-bond acceptors (Lipinski definition) is 1. The third-order valence-electron chi connectivity index (χ3n) is 11.1. The average Bonchev–Trinajstić information content (AvgIpc) is 3.39. The summed E-state index contributed by atoms with van der Waals surface area (Å²) in [4.78, 5) is 2.07. The van der Waals surface area contributed by atoms with Gasteiger partial charge < -0.3 is 4.90 Å². The molecule has 0 bridgehead atoms. The monoisotopic (exact) mass is 908 g/mol. The highest BCUT2D eigenvalue weighted by molar-refractivity contribution is 5.77. The summed E-state index contributed by atoms with van der Waals surface area (Å²) in [7, 11) is 0. The summed E-state index contributed by atoms with van der Waals surface area (Å²) >= 11 is 0. The molecule has 7 aromatic rings. The fourth-order valence-electron chi connectivity index (χ4n) is 7.33. The normalized spacial score (nSPS) is 10.7. The van der Waals surface area contributed by atoms with Gasteiger partial charge in [-0.05, 0) is 133 Å². The Morgan fingerprint density at radius 3 is 1.59 bits per heavy atom. The van der Waals surface area contributed by atoms with Gasteiger partial charge in [0.2, 0.25) is 0 Å². The standard InChI is InChI=1S/C34H35N.C15H16.C13H12.C4H8.C2H6/c1-7-10-11-12-13-19-32(9-3)35(28(6)8-2)33-20-15-17-30(25-33)29-16-14-18-31(24-29)34-22-21-26(4)23-27(34)5;1-12(2)13-8-10-15(11-9-13)14-6-4-3-5-7-14;1-11-6-5-9-13(10-11)12-7-3-2-4-8-12;1-3-4-2;1-2/h2,10-25H,6-7,9H2,1,3-5H3;3-12H,1-2H3;2-10H,1H3;3-4H,1-2H3;1-2H3/b11-10+,13-12-,32-19+;;;4-3-;. The van der Waals surface area contributed by atoms with Crippen LogP contribution in [-0.4, -0.2) is 0 Å². The van der Waals surface area contributed by atoms with Crippen LogP contribution in [0.5, 0.6) is 0 Å². The predicted molar refractivity (Wildman–Crippen MR) is 309 cm³/mol. The van der Waals surface area contributed by atoms with E-state index >= 15 is 0 Å². The summed E-state index contributed by atoms with van der Waals surface area (Å²) in [5.41, 5.74) is 17.9. The van der Waals surface area contributed by atoms with E-state index in [9.17, 15) is 0 Å². The summed E-state index contributed by atoms with van der Waals surface area (Å²) in [6.45, 7) is 27.3. The molecular formula is C68H77N. The highest BCUT2D eigenvalue weighted by atomic mass is 15.1. The Morgan fingerprint density at radius 1 is 0.551 bits per heavy atom. The van der Waals surface area contributed by atoms with E-state index in [4.69, 9.17) is 6.42 Å². The maximum Gasteiger partial charge on any atom is 0.0891 e. The lowest BCUT2D eigenvalue weighted by Gasteiger charge is -2.27. The molecule has 0 aliphatic carbocycles. The van der Waals surface area contributed by atoms with Crippen molar-refractivity contribution >= 4 is 5.69 Å². The van der Waals surface area contributed by atoms with Gasteiger partial charge in [0.15, 0.2) is 0 Å². The highest BCUT2D eigenvalue weighted by Crippen LogP contribution is 2.33. The number of nitrogens with zero attached hydrogens (tertiary/aromatic N) is 1.